The van der Waals surface area contributed by atoms with Crippen LogP contribution in [-0.2, 0) is 4.79 Å². The molecule has 1 saturated heterocycles. The molecular formula is C15H17Cl2NO3. The summed E-state index contributed by atoms with van der Waals surface area (Å²) in [5.74, 6) is 1.00. The minimum atomic E-state index is -0.625. The summed E-state index contributed by atoms with van der Waals surface area (Å²) in [6.07, 6.45) is 2.46. The van der Waals surface area contributed by atoms with E-state index in [4.69, 9.17) is 27.9 Å². The number of aliphatic hydroxyl groups is 1. The molecule has 0 aromatic heterocycles. The van der Waals surface area contributed by atoms with Crippen molar-refractivity contribution in [1.29, 1.82) is 0 Å². The molecule has 0 bridgehead atoms. The third kappa shape index (κ3) is 3.28. The van der Waals surface area contributed by atoms with Gasteiger partial charge in [-0.25, -0.2) is 0 Å². The lowest BCUT2D eigenvalue weighted by Gasteiger charge is -2.47. The van der Waals surface area contributed by atoms with Gasteiger partial charge in [0, 0.05) is 6.07 Å². The predicted molar refractivity (Wildman–Crippen MR) is 80.8 cm³/mol. The number of rotatable bonds is 5. The summed E-state index contributed by atoms with van der Waals surface area (Å²) in [5, 5.41) is 11.1. The Bertz CT molecular complexity index is 554. The summed E-state index contributed by atoms with van der Waals surface area (Å²) in [5.41, 5.74) is -0.625. The summed E-state index contributed by atoms with van der Waals surface area (Å²) >= 11 is 11.7. The number of β-amino-alcohol motifs (C(OH)–C–C–N with tert-alkyl or cyclic N) is 1. The zero-order valence-corrected chi connectivity index (χ0v) is 13.0. The first-order valence-electron chi connectivity index (χ1n) is 7.06. The van der Waals surface area contributed by atoms with Crippen LogP contribution < -0.4 is 4.74 Å². The quantitative estimate of drug-likeness (QED) is 0.903. The third-order valence-corrected chi connectivity index (χ3v) is 4.83. The minimum Gasteiger partial charge on any atom is -0.493 e. The Morgan fingerprint density at radius 3 is 2.67 bits per heavy atom. The molecule has 1 N–H and O–H groups in total. The monoisotopic (exact) mass is 329 g/mol. The minimum absolute atomic E-state index is 0.0142. The van der Waals surface area contributed by atoms with E-state index in [-0.39, 0.29) is 12.5 Å². The molecule has 0 unspecified atom stereocenters. The highest BCUT2D eigenvalue weighted by Gasteiger charge is 2.52. The molecule has 1 amide bonds. The first-order chi connectivity index (χ1) is 9.98. The van der Waals surface area contributed by atoms with Crippen LogP contribution >= 0.6 is 23.2 Å². The van der Waals surface area contributed by atoms with Gasteiger partial charge in [0.2, 0.25) is 5.91 Å². The molecular weight excluding hydrogens is 313 g/mol. The molecule has 2 aliphatic rings. The van der Waals surface area contributed by atoms with Crippen molar-refractivity contribution in [2.24, 2.45) is 5.92 Å². The molecule has 114 valence electrons. The van der Waals surface area contributed by atoms with Gasteiger partial charge in [-0.15, -0.1) is 0 Å². The molecule has 2 fully saturated rings. The van der Waals surface area contributed by atoms with Crippen LogP contribution in [0.15, 0.2) is 18.2 Å². The Balaban J connectivity index is 1.41. The highest BCUT2D eigenvalue weighted by Crippen LogP contribution is 2.44. The van der Waals surface area contributed by atoms with E-state index >= 15 is 0 Å². The van der Waals surface area contributed by atoms with Gasteiger partial charge in [-0.1, -0.05) is 23.2 Å². The zero-order chi connectivity index (χ0) is 15.0. The van der Waals surface area contributed by atoms with Gasteiger partial charge in [0.15, 0.2) is 0 Å². The molecule has 3 rings (SSSR count). The third-order valence-electron chi connectivity index (χ3n) is 4.10. The lowest BCUT2D eigenvalue weighted by atomic mass is 9.88. The maximum atomic E-state index is 12.0. The van der Waals surface area contributed by atoms with Gasteiger partial charge in [-0.05, 0) is 30.9 Å². The average Bonchev–Trinajstić information content (AvgIpc) is 3.23. The smallest absolute Gasteiger partial charge is 0.226 e. The maximum Gasteiger partial charge on any atom is 0.226 e. The fourth-order valence-corrected chi connectivity index (χ4v) is 2.94. The van der Waals surface area contributed by atoms with Crippen LogP contribution in [0.1, 0.15) is 19.3 Å². The Morgan fingerprint density at radius 1 is 1.33 bits per heavy atom. The van der Waals surface area contributed by atoms with Gasteiger partial charge < -0.3 is 14.7 Å². The second-order valence-corrected chi connectivity index (χ2v) is 6.62. The summed E-state index contributed by atoms with van der Waals surface area (Å²) in [6.45, 7) is 1.21. The Labute approximate surface area is 133 Å². The zero-order valence-electron chi connectivity index (χ0n) is 11.5. The Hall–Kier alpha value is -0.970. The lowest BCUT2D eigenvalue weighted by molar-refractivity contribution is -0.159. The summed E-state index contributed by atoms with van der Waals surface area (Å²) in [6, 6.07) is 5.00. The van der Waals surface area contributed by atoms with Crippen LogP contribution in [-0.4, -0.2) is 41.2 Å². The van der Waals surface area contributed by atoms with Crippen LogP contribution in [0, 0.1) is 5.92 Å². The first-order valence-corrected chi connectivity index (χ1v) is 7.81. The van der Waals surface area contributed by atoms with E-state index in [1.807, 2.05) is 0 Å². The van der Waals surface area contributed by atoms with Crippen LogP contribution in [0.3, 0.4) is 0 Å². The molecule has 1 aliphatic carbocycles. The van der Waals surface area contributed by atoms with E-state index in [0.717, 1.165) is 12.8 Å². The second kappa shape index (κ2) is 5.67. The molecule has 0 radical (unpaired) electrons. The van der Waals surface area contributed by atoms with Gasteiger partial charge in [-0.2, -0.15) is 0 Å². The second-order valence-electron chi connectivity index (χ2n) is 5.80. The molecule has 6 heteroatoms. The topological polar surface area (TPSA) is 49.8 Å². The first kappa shape index (κ1) is 14.9. The van der Waals surface area contributed by atoms with E-state index < -0.39 is 5.60 Å². The molecule has 4 nitrogen and oxygen atoms in total. The SMILES string of the molecule is O=C(CCOc1ccc(Cl)c(Cl)c1)N1CC(O)(C2CC2)C1. The fourth-order valence-electron chi connectivity index (χ4n) is 2.65. The van der Waals surface area contributed by atoms with Gasteiger partial charge in [0.25, 0.3) is 0 Å². The number of amides is 1. The van der Waals surface area contributed by atoms with Crippen LogP contribution in [0.25, 0.3) is 0 Å². The van der Waals surface area contributed by atoms with Crippen molar-refractivity contribution in [3.63, 3.8) is 0 Å². The summed E-state index contributed by atoms with van der Waals surface area (Å²) < 4.78 is 5.49. The number of ether oxygens (including phenoxy) is 1. The number of likely N-dealkylation sites (tertiary alicyclic amines) is 1. The van der Waals surface area contributed by atoms with Crippen LogP contribution in [0.4, 0.5) is 0 Å². The number of hydrogen-bond acceptors (Lipinski definition) is 3. The summed E-state index contributed by atoms with van der Waals surface area (Å²) in [4.78, 5) is 13.6. The Kier molecular flexibility index (Phi) is 4.04. The molecule has 1 aliphatic heterocycles. The van der Waals surface area contributed by atoms with Gasteiger partial charge in [0.1, 0.15) is 11.4 Å². The Morgan fingerprint density at radius 2 is 2.05 bits per heavy atom. The van der Waals surface area contributed by atoms with Crippen LogP contribution in [0.2, 0.25) is 10.0 Å². The highest BCUT2D eigenvalue weighted by atomic mass is 35.5. The van der Waals surface area contributed by atoms with E-state index in [2.05, 4.69) is 0 Å². The van der Waals surface area contributed by atoms with Crippen LogP contribution in [0.5, 0.6) is 5.75 Å². The number of carbonyl (C=O) groups excluding carboxylic acids is 1. The predicted octanol–water partition coefficient (Wildman–Crippen LogP) is 2.75. The van der Waals surface area contributed by atoms with E-state index in [9.17, 15) is 9.90 Å². The van der Waals surface area contributed by atoms with Crippen molar-refractivity contribution in [1.82, 2.24) is 4.90 Å². The van der Waals surface area contributed by atoms with Crippen molar-refractivity contribution in [3.05, 3.63) is 28.2 Å². The largest absolute Gasteiger partial charge is 0.493 e. The van der Waals surface area contributed by atoms with Crippen molar-refractivity contribution < 1.29 is 14.6 Å². The van der Waals surface area contributed by atoms with E-state index in [1.54, 1.807) is 23.1 Å². The molecule has 1 saturated carbocycles. The fraction of sp³-hybridized carbons (Fsp3) is 0.533. The normalized spacial score (nSPS) is 20.0. The number of carbonyl (C=O) groups is 1. The lowest BCUT2D eigenvalue weighted by Crippen LogP contribution is -2.64. The number of hydrogen-bond donors (Lipinski definition) is 1. The molecule has 1 aromatic rings. The maximum absolute atomic E-state index is 12.0. The molecule has 21 heavy (non-hydrogen) atoms. The van der Waals surface area contributed by atoms with Gasteiger partial charge in [-0.3, -0.25) is 4.79 Å². The number of nitrogens with zero attached hydrogens (tertiary/aromatic N) is 1. The van der Waals surface area contributed by atoms with E-state index in [0.29, 0.717) is 41.2 Å². The van der Waals surface area contributed by atoms with Gasteiger partial charge >= 0.3 is 0 Å². The molecule has 0 atom stereocenters. The molecule has 1 aromatic carbocycles. The van der Waals surface area contributed by atoms with E-state index in [1.165, 1.54) is 0 Å². The van der Waals surface area contributed by atoms with Crippen molar-refractivity contribution in [3.8, 4) is 5.75 Å². The van der Waals surface area contributed by atoms with Gasteiger partial charge in [0.05, 0.1) is 36.2 Å². The molecule has 1 heterocycles. The highest BCUT2D eigenvalue weighted by molar-refractivity contribution is 6.42. The van der Waals surface area contributed by atoms with Crippen molar-refractivity contribution in [2.45, 2.75) is 24.9 Å². The number of halogens is 2. The molecule has 0 spiro atoms. The summed E-state index contributed by atoms with van der Waals surface area (Å²) in [7, 11) is 0. The average molecular weight is 330 g/mol. The van der Waals surface area contributed by atoms with Crippen molar-refractivity contribution in [2.75, 3.05) is 19.7 Å². The van der Waals surface area contributed by atoms with Crippen molar-refractivity contribution >= 4 is 29.1 Å². The standard InChI is InChI=1S/C15H17Cl2NO3/c16-12-4-3-11(7-13(12)17)21-6-5-14(19)18-8-15(20,9-18)10-1-2-10/h3-4,7,10,20H,1-2,5-6,8-9H2. The number of benzene rings is 1.